The number of methoxy groups -OCH3 is 1. The summed E-state index contributed by atoms with van der Waals surface area (Å²) < 4.78 is 17.3. The maximum atomic E-state index is 13.1. The van der Waals surface area contributed by atoms with E-state index in [0.717, 1.165) is 11.3 Å². The second-order valence-electron chi connectivity index (χ2n) is 7.46. The molecule has 2 heterocycles. The van der Waals surface area contributed by atoms with E-state index in [-0.39, 0.29) is 25.1 Å². The van der Waals surface area contributed by atoms with Crippen LogP contribution < -0.4 is 20.3 Å². The summed E-state index contributed by atoms with van der Waals surface area (Å²) in [5.74, 6) is 0.222. The number of hydrogen-bond donors (Lipinski definition) is 1. The van der Waals surface area contributed by atoms with Crippen LogP contribution in [-0.2, 0) is 16.1 Å². The fourth-order valence-electron chi connectivity index (χ4n) is 3.44. The fraction of sp³-hybridized carbons (Fsp3) is 0.200. The lowest BCUT2D eigenvalue weighted by atomic mass is 10.2. The van der Waals surface area contributed by atoms with E-state index in [4.69, 9.17) is 14.2 Å². The predicted molar refractivity (Wildman–Crippen MR) is 132 cm³/mol. The summed E-state index contributed by atoms with van der Waals surface area (Å²) in [6.07, 6.45) is 1.30. The van der Waals surface area contributed by atoms with E-state index >= 15 is 0 Å². The summed E-state index contributed by atoms with van der Waals surface area (Å²) in [5, 5.41) is 3.02. The molecule has 10 heteroatoms. The van der Waals surface area contributed by atoms with E-state index in [1.54, 1.807) is 31.2 Å². The number of carbonyl (C=O) groups is 2. The highest BCUT2D eigenvalue weighted by atomic mass is 32.1. The average molecular weight is 494 g/mol. The Kier molecular flexibility index (Phi) is 7.41. The molecule has 0 fully saturated rings. The highest BCUT2D eigenvalue weighted by Gasteiger charge is 2.21. The van der Waals surface area contributed by atoms with Crippen molar-refractivity contribution in [1.82, 2.24) is 9.55 Å². The van der Waals surface area contributed by atoms with Crippen molar-refractivity contribution in [2.24, 2.45) is 0 Å². The minimum atomic E-state index is -0.554. The maximum absolute atomic E-state index is 13.1. The van der Waals surface area contributed by atoms with E-state index in [9.17, 15) is 14.4 Å². The van der Waals surface area contributed by atoms with Gasteiger partial charge in [0, 0.05) is 0 Å². The van der Waals surface area contributed by atoms with Crippen molar-refractivity contribution in [3.63, 3.8) is 0 Å². The number of aromatic nitrogens is 2. The molecule has 0 bridgehead atoms. The molecule has 2 aromatic carbocycles. The van der Waals surface area contributed by atoms with Crippen LogP contribution in [0.15, 0.2) is 65.7 Å². The molecule has 0 spiro atoms. The molecule has 180 valence electrons. The van der Waals surface area contributed by atoms with Crippen LogP contribution in [0.5, 0.6) is 11.5 Å². The van der Waals surface area contributed by atoms with Gasteiger partial charge in [-0.25, -0.2) is 9.78 Å². The van der Waals surface area contributed by atoms with Crippen LogP contribution >= 0.6 is 11.3 Å². The Hall–Kier alpha value is -4.18. The Morgan fingerprint density at radius 2 is 1.80 bits per heavy atom. The number of nitrogens with zero attached hydrogens (tertiary/aromatic N) is 2. The molecular formula is C25H23N3O6S. The topological polar surface area (TPSA) is 109 Å². The molecule has 0 atom stereocenters. The number of carbonyl (C=O) groups excluding carboxylic acids is 2. The number of aryl methyl sites for hydroxylation is 1. The van der Waals surface area contributed by atoms with Gasteiger partial charge in [-0.3, -0.25) is 14.2 Å². The molecule has 9 nitrogen and oxygen atoms in total. The molecule has 0 aliphatic heterocycles. The summed E-state index contributed by atoms with van der Waals surface area (Å²) in [6.45, 7) is 1.68. The van der Waals surface area contributed by atoms with E-state index in [0.29, 0.717) is 32.5 Å². The Morgan fingerprint density at radius 1 is 1.06 bits per heavy atom. The second kappa shape index (κ2) is 10.8. The van der Waals surface area contributed by atoms with Crippen molar-refractivity contribution in [1.29, 1.82) is 0 Å². The molecule has 1 N–H and O–H groups in total. The molecular weight excluding hydrogens is 470 g/mol. The number of benzene rings is 2. The van der Waals surface area contributed by atoms with Crippen LogP contribution in [0.3, 0.4) is 0 Å². The molecule has 35 heavy (non-hydrogen) atoms. The van der Waals surface area contributed by atoms with E-state index in [2.05, 4.69) is 10.3 Å². The van der Waals surface area contributed by atoms with Crippen LogP contribution in [0, 0.1) is 6.92 Å². The van der Waals surface area contributed by atoms with Gasteiger partial charge in [0.15, 0.2) is 0 Å². The number of esters is 1. The van der Waals surface area contributed by atoms with Crippen LogP contribution in [0.1, 0.15) is 15.2 Å². The molecule has 2 aromatic heterocycles. The highest BCUT2D eigenvalue weighted by Crippen LogP contribution is 2.27. The first-order valence-electron chi connectivity index (χ1n) is 10.7. The summed E-state index contributed by atoms with van der Waals surface area (Å²) in [7, 11) is 1.51. The lowest BCUT2D eigenvalue weighted by molar-refractivity contribution is -0.116. The quantitative estimate of drug-likeness (QED) is 0.280. The molecule has 1 amide bonds. The van der Waals surface area contributed by atoms with Gasteiger partial charge in [0.25, 0.3) is 5.56 Å². The van der Waals surface area contributed by atoms with Crippen molar-refractivity contribution >= 4 is 39.1 Å². The number of para-hydroxylation sites is 3. The van der Waals surface area contributed by atoms with E-state index in [1.807, 2.05) is 30.3 Å². The van der Waals surface area contributed by atoms with Crippen LogP contribution in [-0.4, -0.2) is 41.8 Å². The molecule has 0 unspecified atom stereocenters. The second-order valence-corrected chi connectivity index (χ2v) is 8.46. The zero-order valence-corrected chi connectivity index (χ0v) is 20.0. The lowest BCUT2D eigenvalue weighted by Gasteiger charge is -2.10. The van der Waals surface area contributed by atoms with Gasteiger partial charge < -0.3 is 19.5 Å². The van der Waals surface area contributed by atoms with E-state index in [1.165, 1.54) is 18.0 Å². The number of fused-ring (bicyclic) bond motifs is 1. The molecule has 4 rings (SSSR count). The Morgan fingerprint density at radius 3 is 2.57 bits per heavy atom. The van der Waals surface area contributed by atoms with Crippen LogP contribution in [0.25, 0.3) is 10.2 Å². The molecule has 0 saturated carbocycles. The molecule has 0 saturated heterocycles. The van der Waals surface area contributed by atoms with Gasteiger partial charge in [-0.15, -0.1) is 11.3 Å². The number of amides is 1. The van der Waals surface area contributed by atoms with Crippen LogP contribution in [0.2, 0.25) is 0 Å². The Bertz CT molecular complexity index is 1410. The molecule has 0 radical (unpaired) electrons. The highest BCUT2D eigenvalue weighted by molar-refractivity contribution is 7.20. The van der Waals surface area contributed by atoms with Crippen LogP contribution in [0.4, 0.5) is 5.69 Å². The van der Waals surface area contributed by atoms with Crippen molar-refractivity contribution in [2.75, 3.05) is 25.6 Å². The van der Waals surface area contributed by atoms with Gasteiger partial charge in [0.05, 0.1) is 24.5 Å². The van der Waals surface area contributed by atoms with Crippen molar-refractivity contribution in [3.8, 4) is 11.5 Å². The SMILES string of the molecule is COc1ccccc1NC(=O)Cn1cnc2sc(C(=O)OCCOc3ccccc3)c(C)c2c1=O. The standard InChI is InChI=1S/C25H23N3O6S/c1-16-21-23(35-22(16)25(31)34-13-12-33-17-8-4-3-5-9-17)26-15-28(24(21)30)14-20(29)27-18-10-6-7-11-19(18)32-2/h3-11,15H,12-14H2,1-2H3,(H,27,29). The number of nitrogens with one attached hydrogen (secondary N) is 1. The van der Waals surface area contributed by atoms with Gasteiger partial charge >= 0.3 is 5.97 Å². The van der Waals surface area contributed by atoms with E-state index < -0.39 is 17.4 Å². The summed E-state index contributed by atoms with van der Waals surface area (Å²) >= 11 is 1.08. The van der Waals surface area contributed by atoms with Crippen molar-refractivity contribution in [2.45, 2.75) is 13.5 Å². The fourth-order valence-corrected chi connectivity index (χ4v) is 4.47. The molecule has 0 aliphatic carbocycles. The molecule has 4 aromatic rings. The third-order valence-corrected chi connectivity index (χ3v) is 6.31. The summed E-state index contributed by atoms with van der Waals surface area (Å²) in [6, 6.07) is 16.2. The monoisotopic (exact) mass is 493 g/mol. The van der Waals surface area contributed by atoms with Gasteiger partial charge in [-0.1, -0.05) is 30.3 Å². The molecule has 0 aliphatic rings. The normalized spacial score (nSPS) is 10.7. The lowest BCUT2D eigenvalue weighted by Crippen LogP contribution is -2.28. The predicted octanol–water partition coefficient (Wildman–Crippen LogP) is 3.65. The maximum Gasteiger partial charge on any atom is 0.348 e. The number of rotatable bonds is 9. The van der Waals surface area contributed by atoms with Gasteiger partial charge in [-0.2, -0.15) is 0 Å². The van der Waals surface area contributed by atoms with Gasteiger partial charge in [0.2, 0.25) is 5.91 Å². The summed E-state index contributed by atoms with van der Waals surface area (Å²) in [4.78, 5) is 43.2. The number of ether oxygens (including phenoxy) is 3. The minimum Gasteiger partial charge on any atom is -0.495 e. The first-order valence-corrected chi connectivity index (χ1v) is 11.6. The van der Waals surface area contributed by atoms with Crippen molar-refractivity contribution in [3.05, 3.63) is 81.7 Å². The number of anilines is 1. The average Bonchev–Trinajstić information content (AvgIpc) is 3.21. The Labute approximate surface area is 204 Å². The summed E-state index contributed by atoms with van der Waals surface area (Å²) in [5.41, 5.74) is 0.552. The minimum absolute atomic E-state index is 0.0577. The third kappa shape index (κ3) is 5.49. The zero-order valence-electron chi connectivity index (χ0n) is 19.1. The Balaban J connectivity index is 1.44. The first-order chi connectivity index (χ1) is 17.0. The van der Waals surface area contributed by atoms with Gasteiger partial charge in [-0.05, 0) is 36.8 Å². The largest absolute Gasteiger partial charge is 0.495 e. The first kappa shape index (κ1) is 24.0. The number of thiophene rings is 1. The van der Waals surface area contributed by atoms with Gasteiger partial charge in [0.1, 0.15) is 41.0 Å². The zero-order chi connectivity index (χ0) is 24.8. The third-order valence-electron chi connectivity index (χ3n) is 5.13. The number of hydrogen-bond acceptors (Lipinski definition) is 8. The smallest absolute Gasteiger partial charge is 0.348 e. The van der Waals surface area contributed by atoms with Crippen molar-refractivity contribution < 1.29 is 23.8 Å².